The normalized spacial score (nSPS) is 15.1. The number of aromatic nitrogens is 3. The predicted octanol–water partition coefficient (Wildman–Crippen LogP) is 3.21. The van der Waals surface area contributed by atoms with E-state index in [1.807, 2.05) is 25.3 Å². The minimum absolute atomic E-state index is 0.143. The minimum atomic E-state index is -0.143. The molecule has 0 saturated heterocycles. The van der Waals surface area contributed by atoms with Crippen molar-refractivity contribution in [2.45, 2.75) is 25.3 Å². The highest BCUT2D eigenvalue weighted by Gasteiger charge is 2.18. The molecule has 1 aliphatic rings. The topological polar surface area (TPSA) is 39.9 Å². The van der Waals surface area contributed by atoms with Crippen LogP contribution in [0.5, 0.6) is 5.75 Å². The van der Waals surface area contributed by atoms with Gasteiger partial charge in [0, 0.05) is 17.0 Å². The van der Waals surface area contributed by atoms with Crippen LogP contribution in [0.15, 0.2) is 18.3 Å². The smallest absolute Gasteiger partial charge is 0.127 e. The Balaban J connectivity index is 1.90. The average molecular weight is 298 g/mol. The van der Waals surface area contributed by atoms with Gasteiger partial charge in [-0.05, 0) is 24.6 Å². The molecular weight excluding hydrogens is 285 g/mol. The summed E-state index contributed by atoms with van der Waals surface area (Å²) >= 11 is 12.1. The Kier molecular flexibility index (Phi) is 3.37. The van der Waals surface area contributed by atoms with Gasteiger partial charge in [0.2, 0.25) is 0 Å². The van der Waals surface area contributed by atoms with E-state index in [9.17, 15) is 0 Å². The van der Waals surface area contributed by atoms with Crippen molar-refractivity contribution >= 4 is 23.2 Å². The summed E-state index contributed by atoms with van der Waals surface area (Å²) < 4.78 is 7.42. The maximum atomic E-state index is 6.13. The van der Waals surface area contributed by atoms with Gasteiger partial charge in [-0.25, -0.2) is 4.68 Å². The highest BCUT2D eigenvalue weighted by atomic mass is 35.5. The highest BCUT2D eigenvalue weighted by molar-refractivity contribution is 6.30. The monoisotopic (exact) mass is 297 g/mol. The minimum Gasteiger partial charge on any atom is -0.493 e. The van der Waals surface area contributed by atoms with Gasteiger partial charge < -0.3 is 4.74 Å². The molecule has 1 aromatic carbocycles. The Morgan fingerprint density at radius 1 is 1.47 bits per heavy atom. The summed E-state index contributed by atoms with van der Waals surface area (Å²) in [6, 6.07) is 3.87. The quantitative estimate of drug-likeness (QED) is 0.817. The first-order valence-corrected chi connectivity index (χ1v) is 6.93. The van der Waals surface area contributed by atoms with Crippen LogP contribution in [-0.4, -0.2) is 21.6 Å². The predicted molar refractivity (Wildman–Crippen MR) is 74.0 cm³/mol. The number of hydrogen-bond acceptors (Lipinski definition) is 3. The van der Waals surface area contributed by atoms with E-state index in [1.54, 1.807) is 4.68 Å². The largest absolute Gasteiger partial charge is 0.493 e. The third-order valence-corrected chi connectivity index (χ3v) is 3.56. The van der Waals surface area contributed by atoms with E-state index in [0.29, 0.717) is 13.2 Å². The van der Waals surface area contributed by atoms with Crippen molar-refractivity contribution in [2.24, 2.45) is 0 Å². The van der Waals surface area contributed by atoms with Crippen molar-refractivity contribution in [1.29, 1.82) is 0 Å². The van der Waals surface area contributed by atoms with Gasteiger partial charge in [0.05, 0.1) is 24.7 Å². The summed E-state index contributed by atoms with van der Waals surface area (Å²) in [4.78, 5) is 0. The van der Waals surface area contributed by atoms with Crippen LogP contribution in [0.2, 0.25) is 5.02 Å². The van der Waals surface area contributed by atoms with E-state index in [2.05, 4.69) is 10.3 Å². The lowest BCUT2D eigenvalue weighted by molar-refractivity contribution is 0.352. The fourth-order valence-corrected chi connectivity index (χ4v) is 2.57. The van der Waals surface area contributed by atoms with Crippen LogP contribution < -0.4 is 4.74 Å². The van der Waals surface area contributed by atoms with Gasteiger partial charge in [0.15, 0.2) is 0 Å². The molecule has 2 aromatic rings. The summed E-state index contributed by atoms with van der Waals surface area (Å²) in [5.41, 5.74) is 2.95. The lowest BCUT2D eigenvalue weighted by Crippen LogP contribution is -2.02. The second-order valence-corrected chi connectivity index (χ2v) is 5.70. The molecule has 2 heterocycles. The Bertz CT molecular complexity index is 610. The van der Waals surface area contributed by atoms with E-state index in [1.165, 1.54) is 0 Å². The van der Waals surface area contributed by atoms with Gasteiger partial charge in [-0.15, -0.1) is 16.7 Å². The zero-order chi connectivity index (χ0) is 13.4. The van der Waals surface area contributed by atoms with Gasteiger partial charge in [0.1, 0.15) is 11.4 Å². The van der Waals surface area contributed by atoms with Crippen LogP contribution in [-0.2, 0) is 13.0 Å². The first-order valence-electron chi connectivity index (χ1n) is 6.11. The first kappa shape index (κ1) is 12.8. The van der Waals surface area contributed by atoms with Gasteiger partial charge in [-0.2, -0.15) is 0 Å². The number of benzene rings is 1. The van der Waals surface area contributed by atoms with Crippen molar-refractivity contribution in [3.63, 3.8) is 0 Å². The van der Waals surface area contributed by atoms with Crippen molar-refractivity contribution in [3.8, 4) is 5.75 Å². The standard InChI is InChI=1S/C13H13Cl2N3O/c1-8(14)12-7-18(17-16-12)6-10-5-11(15)4-9-2-3-19-13(9)10/h4-5,7-8H,2-3,6H2,1H3. The van der Waals surface area contributed by atoms with E-state index in [4.69, 9.17) is 27.9 Å². The second kappa shape index (κ2) is 5.02. The molecule has 0 radical (unpaired) electrons. The Hall–Kier alpha value is -1.26. The molecule has 6 heteroatoms. The van der Waals surface area contributed by atoms with Gasteiger partial charge >= 0.3 is 0 Å². The van der Waals surface area contributed by atoms with Crippen LogP contribution in [0.4, 0.5) is 0 Å². The van der Waals surface area contributed by atoms with Crippen molar-refractivity contribution in [2.75, 3.05) is 6.61 Å². The Morgan fingerprint density at radius 3 is 3.05 bits per heavy atom. The summed E-state index contributed by atoms with van der Waals surface area (Å²) in [6.45, 7) is 3.17. The zero-order valence-corrected chi connectivity index (χ0v) is 11.9. The third kappa shape index (κ3) is 2.55. The lowest BCUT2D eigenvalue weighted by atomic mass is 10.1. The van der Waals surface area contributed by atoms with Gasteiger partial charge in [-0.1, -0.05) is 16.8 Å². The van der Waals surface area contributed by atoms with Crippen molar-refractivity contribution < 1.29 is 4.74 Å². The number of alkyl halides is 1. The maximum absolute atomic E-state index is 6.13. The second-order valence-electron chi connectivity index (χ2n) is 4.61. The molecule has 0 spiro atoms. The molecule has 3 rings (SSSR count). The van der Waals surface area contributed by atoms with Crippen LogP contribution in [0.1, 0.15) is 29.1 Å². The summed E-state index contributed by atoms with van der Waals surface area (Å²) in [5.74, 6) is 0.931. The molecule has 0 amide bonds. The number of hydrogen-bond donors (Lipinski definition) is 0. The molecular formula is C13H13Cl2N3O. The molecule has 1 atom stereocenters. The maximum Gasteiger partial charge on any atom is 0.127 e. The molecule has 0 saturated carbocycles. The molecule has 0 N–H and O–H groups in total. The lowest BCUT2D eigenvalue weighted by Gasteiger charge is -2.08. The number of nitrogens with zero attached hydrogens (tertiary/aromatic N) is 3. The van der Waals surface area contributed by atoms with E-state index >= 15 is 0 Å². The van der Waals surface area contributed by atoms with Gasteiger partial charge in [0.25, 0.3) is 0 Å². The fourth-order valence-electron chi connectivity index (χ4n) is 2.21. The Morgan fingerprint density at radius 2 is 2.32 bits per heavy atom. The molecule has 100 valence electrons. The molecule has 0 bridgehead atoms. The van der Waals surface area contributed by atoms with E-state index in [0.717, 1.165) is 34.0 Å². The molecule has 4 nitrogen and oxygen atoms in total. The number of halogens is 2. The Labute approximate surface area is 121 Å². The number of fused-ring (bicyclic) bond motifs is 1. The summed E-state index contributed by atoms with van der Waals surface area (Å²) in [7, 11) is 0. The molecule has 1 unspecified atom stereocenters. The molecule has 19 heavy (non-hydrogen) atoms. The van der Waals surface area contributed by atoms with Crippen LogP contribution in [0.25, 0.3) is 0 Å². The molecule has 1 aromatic heterocycles. The van der Waals surface area contributed by atoms with Crippen LogP contribution in [0, 0.1) is 0 Å². The van der Waals surface area contributed by atoms with Gasteiger partial charge in [-0.3, -0.25) is 0 Å². The number of rotatable bonds is 3. The van der Waals surface area contributed by atoms with Crippen molar-refractivity contribution in [1.82, 2.24) is 15.0 Å². The highest BCUT2D eigenvalue weighted by Crippen LogP contribution is 2.33. The van der Waals surface area contributed by atoms with Crippen molar-refractivity contribution in [3.05, 3.63) is 40.2 Å². The zero-order valence-electron chi connectivity index (χ0n) is 10.4. The first-order chi connectivity index (χ1) is 9.13. The van der Waals surface area contributed by atoms with Crippen LogP contribution in [0.3, 0.4) is 0 Å². The fraction of sp³-hybridized carbons (Fsp3) is 0.385. The summed E-state index contributed by atoms with van der Waals surface area (Å²) in [5, 5.41) is 8.69. The molecule has 0 aliphatic carbocycles. The SMILES string of the molecule is CC(Cl)c1cn(Cc2cc(Cl)cc3c2OCC3)nn1. The number of ether oxygens (including phenoxy) is 1. The summed E-state index contributed by atoms with van der Waals surface area (Å²) in [6.07, 6.45) is 2.75. The van der Waals surface area contributed by atoms with E-state index < -0.39 is 0 Å². The molecule has 0 fully saturated rings. The van der Waals surface area contributed by atoms with E-state index in [-0.39, 0.29) is 5.38 Å². The average Bonchev–Trinajstić information content (AvgIpc) is 2.96. The van der Waals surface area contributed by atoms with Crippen LogP contribution >= 0.6 is 23.2 Å². The molecule has 1 aliphatic heterocycles. The third-order valence-electron chi connectivity index (χ3n) is 3.12.